The predicted octanol–water partition coefficient (Wildman–Crippen LogP) is 7.56. The van der Waals surface area contributed by atoms with Gasteiger partial charge in [0.15, 0.2) is 11.5 Å². The van der Waals surface area contributed by atoms with Gasteiger partial charge in [-0.3, -0.25) is 4.79 Å². The number of Topliss-reactive ketones (excluding diaryl/α,β-unsaturated/α-hetero) is 1. The van der Waals surface area contributed by atoms with E-state index in [0.29, 0.717) is 35.1 Å². The molecule has 0 saturated carbocycles. The maximum Gasteiger partial charge on any atom is 0.176 e. The number of carbonyl (C=O) groups is 1. The van der Waals surface area contributed by atoms with E-state index in [0.717, 1.165) is 38.4 Å². The smallest absolute Gasteiger partial charge is 0.176 e. The zero-order valence-corrected chi connectivity index (χ0v) is 19.4. The molecule has 0 aliphatic rings. The molecule has 2 aromatic carbocycles. The largest absolute Gasteiger partial charge is 0.487 e. The quantitative estimate of drug-likeness (QED) is 0.250. The Labute approximate surface area is 195 Å². The topological polar surface area (TPSA) is 39.2 Å². The van der Waals surface area contributed by atoms with Crippen LogP contribution in [0, 0.1) is 0 Å². The van der Waals surface area contributed by atoms with Crippen molar-refractivity contribution in [1.29, 1.82) is 0 Å². The Morgan fingerprint density at radius 1 is 1.06 bits per heavy atom. The monoisotopic (exact) mass is 469 g/mol. The summed E-state index contributed by atoms with van der Waals surface area (Å²) in [6.45, 7) is 2.43. The van der Waals surface area contributed by atoms with Crippen molar-refractivity contribution in [3.05, 3.63) is 92.4 Å². The van der Waals surface area contributed by atoms with Crippen LogP contribution in [0.3, 0.4) is 0 Å². The van der Waals surface area contributed by atoms with E-state index in [1.165, 1.54) is 11.3 Å². The number of ether oxygens (including phenoxy) is 1. The lowest BCUT2D eigenvalue weighted by Crippen LogP contribution is -2.03. The van der Waals surface area contributed by atoms with E-state index in [1.54, 1.807) is 6.20 Å². The Bertz CT molecular complexity index is 1220. The zero-order chi connectivity index (χ0) is 21.8. The van der Waals surface area contributed by atoms with Crippen molar-refractivity contribution in [3.63, 3.8) is 0 Å². The van der Waals surface area contributed by atoms with Crippen LogP contribution in [0.15, 0.2) is 60.8 Å². The summed E-state index contributed by atoms with van der Waals surface area (Å²) in [7, 11) is 0. The summed E-state index contributed by atoms with van der Waals surface area (Å²) in [5, 5.41) is 2.32. The molecular formula is C25H21Cl2NO2S. The molecule has 0 atom stereocenters. The van der Waals surface area contributed by atoms with Crippen LogP contribution in [0.5, 0.6) is 5.75 Å². The standard InChI is InChI=1S/C25H21Cl2NO2S/c1-2-18-14-17(7-11-21(18)27)15-30-23-20-4-3-13-28-25(20)31-24(23)22(29)12-8-16-5-9-19(26)10-6-16/h3-7,9-11,13-14H,2,8,12,15H2,1H3. The predicted molar refractivity (Wildman–Crippen MR) is 129 cm³/mol. The van der Waals surface area contributed by atoms with E-state index < -0.39 is 0 Å². The van der Waals surface area contributed by atoms with E-state index >= 15 is 0 Å². The molecule has 6 heteroatoms. The molecule has 4 aromatic rings. The number of aromatic nitrogens is 1. The third-order valence-electron chi connectivity index (χ3n) is 5.10. The normalized spacial score (nSPS) is 11.1. The first-order chi connectivity index (χ1) is 15.0. The van der Waals surface area contributed by atoms with Crippen LogP contribution >= 0.6 is 34.5 Å². The van der Waals surface area contributed by atoms with Crippen LogP contribution in [0.25, 0.3) is 10.2 Å². The number of thiophene rings is 1. The molecule has 0 amide bonds. The van der Waals surface area contributed by atoms with E-state index in [-0.39, 0.29) is 5.78 Å². The molecule has 0 N–H and O–H groups in total. The van der Waals surface area contributed by atoms with Gasteiger partial charge in [0, 0.05) is 22.7 Å². The number of pyridine rings is 1. The van der Waals surface area contributed by atoms with E-state index in [1.807, 2.05) is 48.5 Å². The molecule has 2 aromatic heterocycles. The maximum atomic E-state index is 13.1. The van der Waals surface area contributed by atoms with Gasteiger partial charge in [0.25, 0.3) is 0 Å². The van der Waals surface area contributed by atoms with Crippen molar-refractivity contribution >= 4 is 50.5 Å². The molecule has 0 aliphatic heterocycles. The zero-order valence-electron chi connectivity index (χ0n) is 17.0. The fourth-order valence-electron chi connectivity index (χ4n) is 3.40. The Balaban J connectivity index is 1.56. The number of nitrogens with zero attached hydrogens (tertiary/aromatic N) is 1. The minimum Gasteiger partial charge on any atom is -0.487 e. The molecule has 3 nitrogen and oxygen atoms in total. The van der Waals surface area contributed by atoms with Crippen molar-refractivity contribution in [3.8, 4) is 5.75 Å². The van der Waals surface area contributed by atoms with Crippen LogP contribution in [-0.2, 0) is 19.4 Å². The molecule has 4 rings (SSSR count). The Morgan fingerprint density at radius 3 is 2.61 bits per heavy atom. The van der Waals surface area contributed by atoms with Crippen LogP contribution in [0.4, 0.5) is 0 Å². The first kappa shape index (κ1) is 21.8. The van der Waals surface area contributed by atoms with Gasteiger partial charge in [-0.25, -0.2) is 4.98 Å². The average Bonchev–Trinajstić information content (AvgIpc) is 3.16. The summed E-state index contributed by atoms with van der Waals surface area (Å²) in [4.78, 5) is 18.9. The van der Waals surface area contributed by atoms with Crippen LogP contribution < -0.4 is 4.74 Å². The van der Waals surface area contributed by atoms with Crippen molar-refractivity contribution in [2.45, 2.75) is 32.8 Å². The number of fused-ring (bicyclic) bond motifs is 1. The van der Waals surface area contributed by atoms with Crippen molar-refractivity contribution < 1.29 is 9.53 Å². The maximum absolute atomic E-state index is 13.1. The number of rotatable bonds is 8. The van der Waals surface area contributed by atoms with E-state index in [4.69, 9.17) is 27.9 Å². The van der Waals surface area contributed by atoms with Gasteiger partial charge < -0.3 is 4.74 Å². The Hall–Kier alpha value is -2.40. The number of ketones is 1. The molecule has 0 unspecified atom stereocenters. The minimum atomic E-state index is 0.0540. The Kier molecular flexibility index (Phi) is 6.91. The highest BCUT2D eigenvalue weighted by atomic mass is 35.5. The Morgan fingerprint density at radius 2 is 1.84 bits per heavy atom. The van der Waals surface area contributed by atoms with Crippen LogP contribution in [-0.4, -0.2) is 10.8 Å². The first-order valence-electron chi connectivity index (χ1n) is 10.1. The summed E-state index contributed by atoms with van der Waals surface area (Å²) in [5.41, 5.74) is 3.18. The molecular weight excluding hydrogens is 449 g/mol. The van der Waals surface area contributed by atoms with Crippen LogP contribution in [0.2, 0.25) is 10.0 Å². The van der Waals surface area contributed by atoms with E-state index in [2.05, 4.69) is 18.0 Å². The number of hydrogen-bond donors (Lipinski definition) is 0. The van der Waals surface area contributed by atoms with Gasteiger partial charge in [-0.1, -0.05) is 54.4 Å². The average molecular weight is 470 g/mol. The second-order valence-electron chi connectivity index (χ2n) is 7.23. The third kappa shape index (κ3) is 5.09. The molecule has 2 heterocycles. The van der Waals surface area contributed by atoms with Gasteiger partial charge in [0.05, 0.1) is 5.39 Å². The van der Waals surface area contributed by atoms with Crippen molar-refractivity contribution in [1.82, 2.24) is 4.98 Å². The molecule has 0 spiro atoms. The summed E-state index contributed by atoms with van der Waals surface area (Å²) >= 11 is 13.6. The molecule has 0 saturated heterocycles. The summed E-state index contributed by atoms with van der Waals surface area (Å²) < 4.78 is 6.19. The first-order valence-corrected chi connectivity index (χ1v) is 11.7. The van der Waals surface area contributed by atoms with Gasteiger partial charge in [-0.05, 0) is 59.9 Å². The lowest BCUT2D eigenvalue weighted by Gasteiger charge is -2.10. The van der Waals surface area contributed by atoms with Crippen molar-refractivity contribution in [2.75, 3.05) is 0 Å². The van der Waals surface area contributed by atoms with Gasteiger partial charge in [0.1, 0.15) is 16.3 Å². The molecule has 0 fully saturated rings. The highest BCUT2D eigenvalue weighted by Crippen LogP contribution is 2.38. The minimum absolute atomic E-state index is 0.0540. The highest BCUT2D eigenvalue weighted by molar-refractivity contribution is 7.21. The fourth-order valence-corrected chi connectivity index (χ4v) is 4.84. The summed E-state index contributed by atoms with van der Waals surface area (Å²) in [6, 6.07) is 17.3. The lowest BCUT2D eigenvalue weighted by molar-refractivity contribution is 0.0983. The fraction of sp³-hybridized carbons (Fsp3) is 0.200. The van der Waals surface area contributed by atoms with Gasteiger partial charge >= 0.3 is 0 Å². The number of benzene rings is 2. The highest BCUT2D eigenvalue weighted by Gasteiger charge is 2.20. The third-order valence-corrected chi connectivity index (χ3v) is 6.86. The molecule has 158 valence electrons. The number of carbonyl (C=O) groups excluding carboxylic acids is 1. The lowest BCUT2D eigenvalue weighted by atomic mass is 10.1. The van der Waals surface area contributed by atoms with E-state index in [9.17, 15) is 4.79 Å². The van der Waals surface area contributed by atoms with Crippen molar-refractivity contribution in [2.24, 2.45) is 0 Å². The summed E-state index contributed by atoms with van der Waals surface area (Å²) in [5.74, 6) is 0.667. The molecule has 0 bridgehead atoms. The number of aryl methyl sites for hydroxylation is 2. The second-order valence-corrected chi connectivity index (χ2v) is 9.08. The van der Waals surface area contributed by atoms with Gasteiger partial charge in [-0.15, -0.1) is 11.3 Å². The summed E-state index contributed by atoms with van der Waals surface area (Å²) in [6.07, 6.45) is 3.63. The molecule has 31 heavy (non-hydrogen) atoms. The number of halogens is 2. The SMILES string of the molecule is CCc1cc(COc2c(C(=O)CCc3ccc(Cl)cc3)sc3ncccc23)ccc1Cl. The van der Waals surface area contributed by atoms with Gasteiger partial charge in [-0.2, -0.15) is 0 Å². The number of hydrogen-bond acceptors (Lipinski definition) is 4. The molecule has 0 aliphatic carbocycles. The molecule has 0 radical (unpaired) electrons. The second kappa shape index (κ2) is 9.82. The van der Waals surface area contributed by atoms with Crippen LogP contribution in [0.1, 0.15) is 39.7 Å². The van der Waals surface area contributed by atoms with Gasteiger partial charge in [0.2, 0.25) is 0 Å².